The van der Waals surface area contributed by atoms with Crippen molar-refractivity contribution in [2.24, 2.45) is 12.8 Å². The summed E-state index contributed by atoms with van der Waals surface area (Å²) in [6.07, 6.45) is 1.66. The number of aryl methyl sites for hydroxylation is 2. The second kappa shape index (κ2) is 6.54. The zero-order valence-corrected chi connectivity index (χ0v) is 11.8. The van der Waals surface area contributed by atoms with Gasteiger partial charge in [-0.15, -0.1) is 0 Å². The second-order valence-electron chi connectivity index (χ2n) is 4.73. The van der Waals surface area contributed by atoms with Crippen LogP contribution in [0.2, 0.25) is 0 Å². The fraction of sp³-hybridized carbons (Fsp3) is 0.692. The van der Waals surface area contributed by atoms with Crippen LogP contribution in [-0.4, -0.2) is 39.7 Å². The van der Waals surface area contributed by atoms with Gasteiger partial charge in [0.2, 0.25) is 0 Å². The number of carbonyl (C=O) groups is 1. The highest BCUT2D eigenvalue weighted by atomic mass is 16.2. The average Bonchev–Trinajstić information content (AvgIpc) is 2.70. The van der Waals surface area contributed by atoms with Gasteiger partial charge in [-0.2, -0.15) is 5.10 Å². The van der Waals surface area contributed by atoms with Gasteiger partial charge in [0.25, 0.3) is 5.91 Å². The summed E-state index contributed by atoms with van der Waals surface area (Å²) in [5.74, 6) is 0.0353. The van der Waals surface area contributed by atoms with Gasteiger partial charge in [-0.25, -0.2) is 0 Å². The van der Waals surface area contributed by atoms with Gasteiger partial charge in [0.05, 0.1) is 5.69 Å². The quantitative estimate of drug-likeness (QED) is 0.827. The van der Waals surface area contributed by atoms with E-state index < -0.39 is 0 Å². The molecule has 0 saturated carbocycles. The van der Waals surface area contributed by atoms with E-state index in [1.165, 1.54) is 0 Å². The molecule has 5 heteroatoms. The van der Waals surface area contributed by atoms with Crippen LogP contribution in [0.5, 0.6) is 0 Å². The molecule has 18 heavy (non-hydrogen) atoms. The Hall–Kier alpha value is -1.36. The first kappa shape index (κ1) is 14.7. The number of nitrogens with two attached hydrogens (primary N) is 1. The van der Waals surface area contributed by atoms with Crippen molar-refractivity contribution in [2.75, 3.05) is 13.1 Å². The lowest BCUT2D eigenvalue weighted by molar-refractivity contribution is 0.0693. The molecule has 0 aliphatic carbocycles. The number of nitrogens with zero attached hydrogens (tertiary/aromatic N) is 3. The van der Waals surface area contributed by atoms with Gasteiger partial charge < -0.3 is 10.6 Å². The van der Waals surface area contributed by atoms with Crippen molar-refractivity contribution in [3.8, 4) is 0 Å². The van der Waals surface area contributed by atoms with Crippen molar-refractivity contribution >= 4 is 5.91 Å². The highest BCUT2D eigenvalue weighted by Crippen LogP contribution is 2.11. The first-order chi connectivity index (χ1) is 8.51. The Balaban J connectivity index is 2.90. The zero-order valence-electron chi connectivity index (χ0n) is 11.8. The minimum atomic E-state index is 0.0353. The number of hydrogen-bond acceptors (Lipinski definition) is 3. The number of aromatic nitrogens is 2. The lowest BCUT2D eigenvalue weighted by Crippen LogP contribution is -2.39. The van der Waals surface area contributed by atoms with Crippen LogP contribution in [0.3, 0.4) is 0 Å². The van der Waals surface area contributed by atoms with E-state index >= 15 is 0 Å². The zero-order chi connectivity index (χ0) is 13.7. The molecule has 0 radical (unpaired) electrons. The van der Waals surface area contributed by atoms with Gasteiger partial charge in [-0.3, -0.25) is 9.48 Å². The lowest BCUT2D eigenvalue weighted by Gasteiger charge is -2.26. The predicted molar refractivity (Wildman–Crippen MR) is 72.4 cm³/mol. The van der Waals surface area contributed by atoms with Gasteiger partial charge >= 0.3 is 0 Å². The molecule has 1 aromatic heterocycles. The summed E-state index contributed by atoms with van der Waals surface area (Å²) in [5.41, 5.74) is 7.11. The Morgan fingerprint density at radius 2 is 2.22 bits per heavy atom. The molecule has 0 atom stereocenters. The molecule has 5 nitrogen and oxygen atoms in total. The molecule has 1 rings (SSSR count). The van der Waals surface area contributed by atoms with Crippen LogP contribution in [0.25, 0.3) is 0 Å². The third-order valence-corrected chi connectivity index (χ3v) is 3.00. The summed E-state index contributed by atoms with van der Waals surface area (Å²) >= 11 is 0. The van der Waals surface area contributed by atoms with Gasteiger partial charge in [0.1, 0.15) is 5.69 Å². The Labute approximate surface area is 109 Å². The minimum absolute atomic E-state index is 0.0353. The summed E-state index contributed by atoms with van der Waals surface area (Å²) < 4.78 is 1.67. The molecule has 1 aromatic rings. The normalized spacial score (nSPS) is 11.0. The van der Waals surface area contributed by atoms with Crippen LogP contribution in [-0.2, 0) is 13.5 Å². The predicted octanol–water partition coefficient (Wildman–Crippen LogP) is 1.18. The van der Waals surface area contributed by atoms with E-state index in [4.69, 9.17) is 5.73 Å². The fourth-order valence-electron chi connectivity index (χ4n) is 1.90. The van der Waals surface area contributed by atoms with Crippen molar-refractivity contribution in [1.82, 2.24) is 14.7 Å². The van der Waals surface area contributed by atoms with Crippen molar-refractivity contribution < 1.29 is 4.79 Å². The van der Waals surface area contributed by atoms with Crippen LogP contribution in [0, 0.1) is 0 Å². The fourth-order valence-corrected chi connectivity index (χ4v) is 1.90. The molecule has 0 aliphatic rings. The summed E-state index contributed by atoms with van der Waals surface area (Å²) in [7, 11) is 1.81. The number of amides is 1. The highest BCUT2D eigenvalue weighted by Gasteiger charge is 2.21. The first-order valence-corrected chi connectivity index (χ1v) is 6.55. The topological polar surface area (TPSA) is 64.2 Å². The van der Waals surface area contributed by atoms with Crippen LogP contribution in [0.4, 0.5) is 0 Å². The molecule has 0 aliphatic heterocycles. The molecule has 1 amide bonds. The maximum absolute atomic E-state index is 12.5. The third kappa shape index (κ3) is 3.32. The van der Waals surface area contributed by atoms with Crippen LogP contribution in [0.1, 0.15) is 43.4 Å². The third-order valence-electron chi connectivity index (χ3n) is 3.00. The molecule has 0 bridgehead atoms. The van der Waals surface area contributed by atoms with Crippen molar-refractivity contribution in [1.29, 1.82) is 0 Å². The maximum Gasteiger partial charge on any atom is 0.272 e. The monoisotopic (exact) mass is 252 g/mol. The van der Waals surface area contributed by atoms with Crippen LogP contribution in [0.15, 0.2) is 6.07 Å². The van der Waals surface area contributed by atoms with E-state index in [9.17, 15) is 4.79 Å². The van der Waals surface area contributed by atoms with E-state index in [2.05, 4.69) is 5.10 Å². The van der Waals surface area contributed by atoms with E-state index in [0.29, 0.717) is 18.8 Å². The summed E-state index contributed by atoms with van der Waals surface area (Å²) in [4.78, 5) is 14.3. The molecule has 0 spiro atoms. The number of carbonyl (C=O) groups excluding carboxylic acids is 1. The van der Waals surface area contributed by atoms with E-state index in [1.54, 1.807) is 4.68 Å². The first-order valence-electron chi connectivity index (χ1n) is 6.55. The molecule has 0 saturated heterocycles. The average molecular weight is 252 g/mol. The molecule has 0 unspecified atom stereocenters. The maximum atomic E-state index is 12.5. The van der Waals surface area contributed by atoms with Crippen LogP contribution < -0.4 is 5.73 Å². The van der Waals surface area contributed by atoms with Crippen molar-refractivity contribution in [2.45, 2.75) is 39.7 Å². The Bertz CT molecular complexity index is 398. The lowest BCUT2D eigenvalue weighted by atomic mass is 10.2. The Morgan fingerprint density at radius 1 is 1.56 bits per heavy atom. The SMILES string of the molecule is CCc1cc(C(=O)N(CCCN)C(C)C)n(C)n1. The summed E-state index contributed by atoms with van der Waals surface area (Å²) in [6, 6.07) is 2.05. The Morgan fingerprint density at radius 3 is 2.67 bits per heavy atom. The van der Waals surface area contributed by atoms with Gasteiger partial charge in [0, 0.05) is 19.6 Å². The number of rotatable bonds is 6. The van der Waals surface area contributed by atoms with Gasteiger partial charge in [-0.05, 0) is 39.3 Å². The second-order valence-corrected chi connectivity index (χ2v) is 4.73. The minimum Gasteiger partial charge on any atom is -0.335 e. The molecule has 1 heterocycles. The van der Waals surface area contributed by atoms with Crippen molar-refractivity contribution in [3.63, 3.8) is 0 Å². The van der Waals surface area contributed by atoms with Gasteiger partial charge in [-0.1, -0.05) is 6.92 Å². The van der Waals surface area contributed by atoms with E-state index in [-0.39, 0.29) is 11.9 Å². The number of hydrogen-bond donors (Lipinski definition) is 1. The smallest absolute Gasteiger partial charge is 0.272 e. The molecule has 2 N–H and O–H groups in total. The molecular weight excluding hydrogens is 228 g/mol. The van der Waals surface area contributed by atoms with Gasteiger partial charge in [0.15, 0.2) is 0 Å². The van der Waals surface area contributed by atoms with Crippen molar-refractivity contribution in [3.05, 3.63) is 17.5 Å². The Kier molecular flexibility index (Phi) is 5.34. The molecule has 0 fully saturated rings. The largest absolute Gasteiger partial charge is 0.335 e. The van der Waals surface area contributed by atoms with E-state index in [0.717, 1.165) is 18.5 Å². The summed E-state index contributed by atoms with van der Waals surface area (Å²) in [5, 5.41) is 4.32. The molecule has 0 aromatic carbocycles. The standard InChI is InChI=1S/C13H24N4O/c1-5-11-9-12(16(4)15-11)13(18)17(10(2)3)8-6-7-14/h9-10H,5-8,14H2,1-4H3. The molecular formula is C13H24N4O. The van der Waals surface area contributed by atoms with Crippen LogP contribution >= 0.6 is 0 Å². The summed E-state index contributed by atoms with van der Waals surface area (Å²) in [6.45, 7) is 7.37. The van der Waals surface area contributed by atoms with E-state index in [1.807, 2.05) is 38.8 Å². The molecule has 102 valence electrons. The highest BCUT2D eigenvalue weighted by molar-refractivity contribution is 5.92.